The van der Waals surface area contributed by atoms with Crippen LogP contribution in [-0.2, 0) is 11.3 Å². The number of aliphatic hydroxyl groups is 1. The van der Waals surface area contributed by atoms with E-state index in [9.17, 15) is 9.90 Å². The molecule has 0 aliphatic carbocycles. The normalized spacial score (nSPS) is 13.1. The van der Waals surface area contributed by atoms with Crippen LogP contribution >= 0.6 is 0 Å². The fourth-order valence-electron chi connectivity index (χ4n) is 2.29. The number of hydrogen-bond acceptors (Lipinski definition) is 4. The predicted molar refractivity (Wildman–Crippen MR) is 88.6 cm³/mol. The topological polar surface area (TPSA) is 84.6 Å². The zero-order chi connectivity index (χ0) is 16.5. The number of rotatable bonds is 7. The van der Waals surface area contributed by atoms with Crippen molar-refractivity contribution in [1.29, 1.82) is 0 Å². The molecule has 2 aromatic carbocycles. The SMILES string of the molecule is NCCC(NC(=O)OCc1ccccc1)C(O)c1ccccc1. The van der Waals surface area contributed by atoms with Crippen molar-refractivity contribution in [2.24, 2.45) is 5.73 Å². The largest absolute Gasteiger partial charge is 0.445 e. The van der Waals surface area contributed by atoms with Gasteiger partial charge >= 0.3 is 6.09 Å². The summed E-state index contributed by atoms with van der Waals surface area (Å²) in [5, 5.41) is 13.1. The van der Waals surface area contributed by atoms with E-state index in [1.807, 2.05) is 60.7 Å². The third kappa shape index (κ3) is 5.39. The van der Waals surface area contributed by atoms with Gasteiger partial charge in [0.2, 0.25) is 0 Å². The Kier molecular flexibility index (Phi) is 6.59. The van der Waals surface area contributed by atoms with E-state index in [4.69, 9.17) is 10.5 Å². The first kappa shape index (κ1) is 17.0. The highest BCUT2D eigenvalue weighted by Gasteiger charge is 2.22. The second kappa shape index (κ2) is 8.92. The molecule has 4 N–H and O–H groups in total. The van der Waals surface area contributed by atoms with Crippen molar-refractivity contribution in [3.05, 3.63) is 71.8 Å². The Bertz CT molecular complexity index is 590. The summed E-state index contributed by atoms with van der Waals surface area (Å²) in [5.74, 6) is 0. The molecule has 0 aliphatic rings. The lowest BCUT2D eigenvalue weighted by Gasteiger charge is -2.23. The van der Waals surface area contributed by atoms with Crippen LogP contribution in [0.4, 0.5) is 4.79 Å². The summed E-state index contributed by atoms with van der Waals surface area (Å²) in [6, 6.07) is 18.1. The minimum absolute atomic E-state index is 0.184. The second-order valence-corrected chi connectivity index (χ2v) is 5.25. The first-order chi connectivity index (χ1) is 11.2. The van der Waals surface area contributed by atoms with Crippen LogP contribution in [-0.4, -0.2) is 23.8 Å². The maximum atomic E-state index is 12.0. The van der Waals surface area contributed by atoms with Crippen LogP contribution in [0.1, 0.15) is 23.7 Å². The van der Waals surface area contributed by atoms with E-state index in [1.54, 1.807) is 0 Å². The molecule has 0 aromatic heterocycles. The van der Waals surface area contributed by atoms with Crippen molar-refractivity contribution in [3.63, 3.8) is 0 Å². The number of amides is 1. The number of hydrogen-bond donors (Lipinski definition) is 3. The molecule has 2 aromatic rings. The van der Waals surface area contributed by atoms with Gasteiger partial charge < -0.3 is 20.9 Å². The quantitative estimate of drug-likeness (QED) is 0.732. The number of ether oxygens (including phenoxy) is 1. The minimum atomic E-state index is -0.830. The van der Waals surface area contributed by atoms with Gasteiger partial charge in [-0.25, -0.2) is 4.79 Å². The van der Waals surface area contributed by atoms with Crippen molar-refractivity contribution >= 4 is 6.09 Å². The van der Waals surface area contributed by atoms with Crippen LogP contribution in [0, 0.1) is 0 Å². The highest BCUT2D eigenvalue weighted by Crippen LogP contribution is 2.18. The third-order valence-electron chi connectivity index (χ3n) is 3.52. The molecule has 0 aliphatic heterocycles. The van der Waals surface area contributed by atoms with Gasteiger partial charge in [-0.2, -0.15) is 0 Å². The van der Waals surface area contributed by atoms with Gasteiger partial charge in [-0.3, -0.25) is 0 Å². The molecule has 0 bridgehead atoms. The first-order valence-electron chi connectivity index (χ1n) is 7.61. The van der Waals surface area contributed by atoms with E-state index in [-0.39, 0.29) is 6.61 Å². The Balaban J connectivity index is 1.91. The average Bonchev–Trinajstić information content (AvgIpc) is 2.60. The standard InChI is InChI=1S/C18H22N2O3/c19-12-11-16(17(21)15-9-5-2-6-10-15)20-18(22)23-13-14-7-3-1-4-8-14/h1-10,16-17,21H,11-13,19H2,(H,20,22). The van der Waals surface area contributed by atoms with Gasteiger partial charge in [-0.1, -0.05) is 60.7 Å². The molecule has 0 heterocycles. The van der Waals surface area contributed by atoms with Gasteiger partial charge in [0.15, 0.2) is 0 Å². The molecular formula is C18H22N2O3. The summed E-state index contributed by atoms with van der Waals surface area (Å²) < 4.78 is 5.19. The maximum Gasteiger partial charge on any atom is 0.407 e. The number of benzene rings is 2. The molecule has 0 saturated carbocycles. The Labute approximate surface area is 136 Å². The molecule has 0 spiro atoms. The van der Waals surface area contributed by atoms with Gasteiger partial charge in [-0.05, 0) is 24.1 Å². The van der Waals surface area contributed by atoms with Gasteiger partial charge in [0, 0.05) is 0 Å². The molecule has 2 rings (SSSR count). The van der Waals surface area contributed by atoms with E-state index < -0.39 is 18.2 Å². The molecule has 1 amide bonds. The van der Waals surface area contributed by atoms with Gasteiger partial charge in [-0.15, -0.1) is 0 Å². The van der Waals surface area contributed by atoms with Gasteiger partial charge in [0.1, 0.15) is 6.61 Å². The lowest BCUT2D eigenvalue weighted by Crippen LogP contribution is -2.41. The van der Waals surface area contributed by atoms with E-state index in [2.05, 4.69) is 5.32 Å². The van der Waals surface area contributed by atoms with E-state index >= 15 is 0 Å². The Morgan fingerprint density at radius 1 is 1.09 bits per heavy atom. The average molecular weight is 314 g/mol. The van der Waals surface area contributed by atoms with E-state index in [0.29, 0.717) is 13.0 Å². The molecule has 2 atom stereocenters. The summed E-state index contributed by atoms with van der Waals surface area (Å²) >= 11 is 0. The number of alkyl carbamates (subject to hydrolysis) is 1. The Morgan fingerprint density at radius 3 is 2.30 bits per heavy atom. The number of nitrogens with two attached hydrogens (primary N) is 1. The second-order valence-electron chi connectivity index (χ2n) is 5.25. The molecule has 0 fully saturated rings. The Morgan fingerprint density at radius 2 is 1.70 bits per heavy atom. The van der Waals surface area contributed by atoms with Crippen molar-refractivity contribution in [3.8, 4) is 0 Å². The minimum Gasteiger partial charge on any atom is -0.445 e. The summed E-state index contributed by atoms with van der Waals surface area (Å²) in [5.41, 5.74) is 7.22. The third-order valence-corrected chi connectivity index (χ3v) is 3.52. The number of aliphatic hydroxyl groups excluding tert-OH is 1. The van der Waals surface area contributed by atoms with Crippen molar-refractivity contribution in [2.75, 3.05) is 6.54 Å². The lowest BCUT2D eigenvalue weighted by molar-refractivity contribution is 0.0994. The molecule has 23 heavy (non-hydrogen) atoms. The summed E-state index contributed by atoms with van der Waals surface area (Å²) in [4.78, 5) is 12.0. The van der Waals surface area contributed by atoms with Gasteiger partial charge in [0.25, 0.3) is 0 Å². The van der Waals surface area contributed by atoms with Crippen LogP contribution in [0.3, 0.4) is 0 Å². The van der Waals surface area contributed by atoms with Gasteiger partial charge in [0.05, 0.1) is 12.1 Å². The number of carbonyl (C=O) groups excluding carboxylic acids is 1. The smallest absolute Gasteiger partial charge is 0.407 e. The molecule has 5 nitrogen and oxygen atoms in total. The predicted octanol–water partition coefficient (Wildman–Crippen LogP) is 2.36. The zero-order valence-corrected chi connectivity index (χ0v) is 12.9. The van der Waals surface area contributed by atoms with Crippen molar-refractivity contribution < 1.29 is 14.6 Å². The zero-order valence-electron chi connectivity index (χ0n) is 12.9. The fraction of sp³-hybridized carbons (Fsp3) is 0.278. The highest BCUT2D eigenvalue weighted by atomic mass is 16.5. The first-order valence-corrected chi connectivity index (χ1v) is 7.61. The molecule has 0 saturated heterocycles. The number of carbonyl (C=O) groups is 1. The van der Waals surface area contributed by atoms with E-state index in [1.165, 1.54) is 0 Å². The van der Waals surface area contributed by atoms with Crippen LogP contribution in [0.15, 0.2) is 60.7 Å². The molecule has 5 heteroatoms. The summed E-state index contributed by atoms with van der Waals surface area (Å²) in [6.07, 6.45) is -0.942. The molecule has 122 valence electrons. The Hall–Kier alpha value is -2.37. The molecule has 2 unspecified atom stereocenters. The summed E-state index contributed by atoms with van der Waals surface area (Å²) in [7, 11) is 0. The van der Waals surface area contributed by atoms with Crippen LogP contribution in [0.25, 0.3) is 0 Å². The van der Waals surface area contributed by atoms with E-state index in [0.717, 1.165) is 11.1 Å². The monoisotopic (exact) mass is 314 g/mol. The summed E-state index contributed by atoms with van der Waals surface area (Å²) in [6.45, 7) is 0.539. The highest BCUT2D eigenvalue weighted by molar-refractivity contribution is 5.67. The van der Waals surface area contributed by atoms with Crippen molar-refractivity contribution in [1.82, 2.24) is 5.32 Å². The van der Waals surface area contributed by atoms with Crippen molar-refractivity contribution in [2.45, 2.75) is 25.2 Å². The number of nitrogens with one attached hydrogen (secondary N) is 1. The van der Waals surface area contributed by atoms with Crippen LogP contribution in [0.5, 0.6) is 0 Å². The van der Waals surface area contributed by atoms with Crippen LogP contribution in [0.2, 0.25) is 0 Å². The molecular weight excluding hydrogens is 292 g/mol. The van der Waals surface area contributed by atoms with Crippen LogP contribution < -0.4 is 11.1 Å². The molecule has 0 radical (unpaired) electrons. The maximum absolute atomic E-state index is 12.0. The fourth-order valence-corrected chi connectivity index (χ4v) is 2.29. The lowest BCUT2D eigenvalue weighted by atomic mass is 10.00.